The molecule has 37 heavy (non-hydrogen) atoms. The van der Waals surface area contributed by atoms with Crippen molar-refractivity contribution < 1.29 is 19.4 Å². The van der Waals surface area contributed by atoms with Gasteiger partial charge in [0.2, 0.25) is 0 Å². The second-order valence-electron chi connectivity index (χ2n) is 12.3. The van der Waals surface area contributed by atoms with Gasteiger partial charge in [-0.15, -0.1) is 11.3 Å². The second kappa shape index (κ2) is 11.5. The van der Waals surface area contributed by atoms with E-state index in [1.54, 1.807) is 25.2 Å². The summed E-state index contributed by atoms with van der Waals surface area (Å²) >= 11 is 9.47. The van der Waals surface area contributed by atoms with Gasteiger partial charge in [0, 0.05) is 11.3 Å². The standard InChI is InChI=1S/C29H43Br2NO4S/c1-16-10-9-11-28(8)23(29(28,30)31)13-22(17(2)12-21-15-37-20(5)32-21)36-25(34)14-24(33)27(6,7)26(35)19(4)18(16)3/h12,15-16,18-19,22-24,33H,9-11,13-14H2,1-8H3/b17-12+. The molecule has 1 saturated carbocycles. The van der Waals surface area contributed by atoms with Gasteiger partial charge in [-0.3, -0.25) is 9.59 Å². The van der Waals surface area contributed by atoms with Gasteiger partial charge in [0.15, 0.2) is 0 Å². The summed E-state index contributed by atoms with van der Waals surface area (Å²) in [7, 11) is 0. The van der Waals surface area contributed by atoms with Crippen molar-refractivity contribution >= 4 is 61.0 Å². The maximum absolute atomic E-state index is 13.5. The van der Waals surface area contributed by atoms with Crippen LogP contribution in [-0.4, -0.2) is 37.3 Å². The largest absolute Gasteiger partial charge is 0.458 e. The summed E-state index contributed by atoms with van der Waals surface area (Å²) in [5.74, 6) is 0.134. The molecule has 0 aromatic carbocycles. The van der Waals surface area contributed by atoms with E-state index in [1.807, 2.05) is 32.2 Å². The first-order valence-corrected chi connectivity index (χ1v) is 15.9. The number of halogens is 2. The minimum Gasteiger partial charge on any atom is -0.458 e. The van der Waals surface area contributed by atoms with Crippen LogP contribution in [0.1, 0.15) is 91.3 Å². The van der Waals surface area contributed by atoms with Gasteiger partial charge in [0.05, 0.1) is 31.9 Å². The highest BCUT2D eigenvalue weighted by atomic mass is 79.9. The summed E-state index contributed by atoms with van der Waals surface area (Å²) in [6.45, 7) is 16.1. The molecule has 8 heteroatoms. The number of aromatic nitrogens is 1. The number of aryl methyl sites for hydroxylation is 1. The molecule has 1 N–H and O–H groups in total. The van der Waals surface area contributed by atoms with Crippen molar-refractivity contribution in [1.29, 1.82) is 0 Å². The zero-order valence-electron chi connectivity index (χ0n) is 23.4. The molecular formula is C29H43Br2NO4S. The third-order valence-electron chi connectivity index (χ3n) is 9.41. The highest BCUT2D eigenvalue weighted by Crippen LogP contribution is 2.75. The number of ketones is 1. The van der Waals surface area contributed by atoms with Gasteiger partial charge in [-0.05, 0) is 61.5 Å². The topological polar surface area (TPSA) is 76.5 Å². The van der Waals surface area contributed by atoms with E-state index in [-0.39, 0.29) is 38.6 Å². The molecule has 1 aromatic rings. The number of ether oxygens (including phenoxy) is 1. The zero-order chi connectivity index (χ0) is 27.9. The van der Waals surface area contributed by atoms with Gasteiger partial charge in [0.1, 0.15) is 11.9 Å². The fourth-order valence-electron chi connectivity index (χ4n) is 5.89. The van der Waals surface area contributed by atoms with Crippen molar-refractivity contribution in [3.63, 3.8) is 0 Å². The number of aliphatic hydroxyl groups excluding tert-OH is 1. The molecule has 0 spiro atoms. The van der Waals surface area contributed by atoms with Crippen LogP contribution in [0.25, 0.3) is 6.08 Å². The molecule has 7 atom stereocenters. The smallest absolute Gasteiger partial charge is 0.309 e. The fourth-order valence-corrected chi connectivity index (χ4v) is 8.57. The number of alkyl halides is 2. The number of rotatable bonds is 2. The number of hydrogen-bond acceptors (Lipinski definition) is 6. The Labute approximate surface area is 243 Å². The minimum absolute atomic E-state index is 0.0000698. The highest BCUT2D eigenvalue weighted by molar-refractivity contribution is 9.25. The Morgan fingerprint density at radius 1 is 1.22 bits per heavy atom. The average molecular weight is 662 g/mol. The van der Waals surface area contributed by atoms with Crippen LogP contribution in [0.3, 0.4) is 0 Å². The summed E-state index contributed by atoms with van der Waals surface area (Å²) in [5, 5.41) is 14.0. The summed E-state index contributed by atoms with van der Waals surface area (Å²) in [4.78, 5) is 31.2. The Morgan fingerprint density at radius 3 is 2.46 bits per heavy atom. The van der Waals surface area contributed by atoms with Crippen molar-refractivity contribution in [3.05, 3.63) is 21.7 Å². The van der Waals surface area contributed by atoms with Gasteiger partial charge in [-0.2, -0.15) is 0 Å². The van der Waals surface area contributed by atoms with Crippen LogP contribution in [0.15, 0.2) is 11.0 Å². The lowest BCUT2D eigenvalue weighted by atomic mass is 9.70. The van der Waals surface area contributed by atoms with E-state index >= 15 is 0 Å². The van der Waals surface area contributed by atoms with Gasteiger partial charge in [-0.25, -0.2) is 4.98 Å². The molecule has 3 rings (SSSR count). The number of carbonyl (C=O) groups excluding carboxylic acids is 2. The van der Waals surface area contributed by atoms with Crippen LogP contribution < -0.4 is 0 Å². The Kier molecular flexibility index (Phi) is 9.62. The molecule has 1 aromatic heterocycles. The first-order chi connectivity index (χ1) is 17.0. The van der Waals surface area contributed by atoms with Gasteiger partial charge in [-0.1, -0.05) is 86.2 Å². The SMILES string of the molecule is C/C(=C\c1csc(C)n1)C1CC2C(Br)(Br)C2(C)CCCC(C)C(C)C(C)C(=O)C(C)(C)C(O)CC(=O)O1. The molecule has 1 aliphatic heterocycles. The molecule has 0 amide bonds. The molecule has 0 radical (unpaired) electrons. The van der Waals surface area contributed by atoms with E-state index in [1.165, 1.54) is 0 Å². The van der Waals surface area contributed by atoms with E-state index in [4.69, 9.17) is 4.74 Å². The van der Waals surface area contributed by atoms with Gasteiger partial charge < -0.3 is 9.84 Å². The quantitative estimate of drug-likeness (QED) is 0.260. The number of esters is 1. The predicted octanol–water partition coefficient (Wildman–Crippen LogP) is 7.72. The average Bonchev–Trinajstić information content (AvgIpc) is 3.06. The number of aliphatic hydroxyl groups is 1. The molecule has 2 aliphatic rings. The van der Waals surface area contributed by atoms with E-state index in [2.05, 4.69) is 57.6 Å². The molecule has 2 fully saturated rings. The maximum Gasteiger partial charge on any atom is 0.309 e. The molecule has 7 unspecified atom stereocenters. The first-order valence-electron chi connectivity index (χ1n) is 13.4. The molecule has 0 bridgehead atoms. The molecule has 208 valence electrons. The van der Waals surface area contributed by atoms with E-state index in [9.17, 15) is 14.7 Å². The fraction of sp³-hybridized carbons (Fsp3) is 0.759. The normalized spacial score (nSPS) is 37.5. The monoisotopic (exact) mass is 659 g/mol. The van der Waals surface area contributed by atoms with Gasteiger partial charge >= 0.3 is 5.97 Å². The van der Waals surface area contributed by atoms with E-state index in [0.717, 1.165) is 35.5 Å². The first kappa shape index (κ1) is 31.0. The Balaban J connectivity index is 1.93. The number of cyclic esters (lactones) is 1. The summed E-state index contributed by atoms with van der Waals surface area (Å²) in [6.07, 6.45) is 3.99. The second-order valence-corrected chi connectivity index (χ2v) is 16.9. The van der Waals surface area contributed by atoms with E-state index < -0.39 is 23.6 Å². The molecule has 2 heterocycles. The number of fused-ring (bicyclic) bond motifs is 1. The zero-order valence-corrected chi connectivity index (χ0v) is 27.4. The Hall–Kier alpha value is -0.570. The third-order valence-corrected chi connectivity index (χ3v) is 13.1. The number of carbonyl (C=O) groups is 2. The molecule has 1 saturated heterocycles. The van der Waals surface area contributed by atoms with Crippen LogP contribution in [-0.2, 0) is 14.3 Å². The molecule has 1 aliphatic carbocycles. The summed E-state index contributed by atoms with van der Waals surface area (Å²) in [5.41, 5.74) is 0.746. The van der Waals surface area contributed by atoms with Crippen LogP contribution in [0.2, 0.25) is 0 Å². The Bertz CT molecular complexity index is 1030. The number of nitrogens with zero attached hydrogens (tertiary/aromatic N) is 1. The van der Waals surface area contributed by atoms with Crippen molar-refractivity contribution in [2.45, 2.75) is 103 Å². The molecule has 5 nitrogen and oxygen atoms in total. The van der Waals surface area contributed by atoms with E-state index in [0.29, 0.717) is 12.3 Å². The van der Waals surface area contributed by atoms with Crippen molar-refractivity contribution in [2.24, 2.45) is 34.5 Å². The van der Waals surface area contributed by atoms with Gasteiger partial charge in [0.25, 0.3) is 0 Å². The highest BCUT2D eigenvalue weighted by Gasteiger charge is 2.71. The van der Waals surface area contributed by atoms with Crippen molar-refractivity contribution in [3.8, 4) is 0 Å². The minimum atomic E-state index is -1.12. The lowest BCUT2D eigenvalue weighted by Gasteiger charge is -2.35. The lowest BCUT2D eigenvalue weighted by Crippen LogP contribution is -2.44. The van der Waals surface area contributed by atoms with Crippen LogP contribution in [0.5, 0.6) is 0 Å². The maximum atomic E-state index is 13.5. The third kappa shape index (κ3) is 6.44. The van der Waals surface area contributed by atoms with Crippen molar-refractivity contribution in [1.82, 2.24) is 4.98 Å². The van der Waals surface area contributed by atoms with Crippen LogP contribution >= 0.6 is 43.2 Å². The Morgan fingerprint density at radius 2 is 1.86 bits per heavy atom. The number of Topliss-reactive ketones (excluding diaryl/α,β-unsaturated/α-hetero) is 1. The summed E-state index contributed by atoms with van der Waals surface area (Å²) < 4.78 is 5.83. The van der Waals surface area contributed by atoms with Crippen LogP contribution in [0, 0.1) is 41.4 Å². The van der Waals surface area contributed by atoms with Crippen LogP contribution in [0.4, 0.5) is 0 Å². The number of hydrogen-bond donors (Lipinski definition) is 1. The lowest BCUT2D eigenvalue weighted by molar-refractivity contribution is -0.154. The van der Waals surface area contributed by atoms with Crippen molar-refractivity contribution in [2.75, 3.05) is 0 Å². The summed E-state index contributed by atoms with van der Waals surface area (Å²) in [6, 6.07) is 0. The number of thiazole rings is 1. The molecular weight excluding hydrogens is 618 g/mol. The predicted molar refractivity (Wildman–Crippen MR) is 158 cm³/mol.